The highest BCUT2D eigenvalue weighted by Gasteiger charge is 2.18. The molecule has 0 radical (unpaired) electrons. The van der Waals surface area contributed by atoms with Crippen molar-refractivity contribution in [2.75, 3.05) is 7.05 Å². The van der Waals surface area contributed by atoms with Crippen LogP contribution in [-0.4, -0.2) is 36.2 Å². The first kappa shape index (κ1) is 10.9. The van der Waals surface area contributed by atoms with Crippen molar-refractivity contribution in [1.29, 1.82) is 0 Å². The van der Waals surface area contributed by atoms with Crippen molar-refractivity contribution < 1.29 is 14.7 Å². The SMILES string of the molecule is CN[C@@H](NC(=O)C(=O)O)C(C)N. The van der Waals surface area contributed by atoms with Crippen molar-refractivity contribution in [3.63, 3.8) is 0 Å². The van der Waals surface area contributed by atoms with Crippen LogP contribution in [0.2, 0.25) is 0 Å². The first-order valence-electron chi connectivity index (χ1n) is 3.45. The minimum Gasteiger partial charge on any atom is -0.474 e. The van der Waals surface area contributed by atoms with Crippen molar-refractivity contribution in [2.45, 2.75) is 19.1 Å². The Hall–Kier alpha value is -1.14. The molecule has 0 bridgehead atoms. The Bertz CT molecular complexity index is 181. The summed E-state index contributed by atoms with van der Waals surface area (Å²) in [6.07, 6.45) is -0.520. The highest BCUT2D eigenvalue weighted by atomic mass is 16.4. The molecule has 0 aromatic heterocycles. The van der Waals surface area contributed by atoms with Gasteiger partial charge < -0.3 is 16.2 Å². The molecule has 0 aliphatic rings. The lowest BCUT2D eigenvalue weighted by molar-refractivity contribution is -0.150. The predicted octanol–water partition coefficient (Wildman–Crippen LogP) is -1.92. The number of carboxylic acids is 1. The van der Waals surface area contributed by atoms with E-state index in [-0.39, 0.29) is 6.04 Å². The second kappa shape index (κ2) is 4.68. The predicted molar refractivity (Wildman–Crippen MR) is 42.3 cm³/mol. The van der Waals surface area contributed by atoms with Gasteiger partial charge in [0.15, 0.2) is 0 Å². The van der Waals surface area contributed by atoms with Crippen molar-refractivity contribution in [3.8, 4) is 0 Å². The molecular weight excluding hydrogens is 162 g/mol. The summed E-state index contributed by atoms with van der Waals surface area (Å²) in [5.74, 6) is -2.58. The van der Waals surface area contributed by atoms with Crippen LogP contribution in [0, 0.1) is 0 Å². The minimum atomic E-state index is -1.52. The molecule has 70 valence electrons. The molecule has 0 rings (SSSR count). The van der Waals surface area contributed by atoms with E-state index >= 15 is 0 Å². The third-order valence-corrected chi connectivity index (χ3v) is 1.32. The van der Waals surface area contributed by atoms with Crippen LogP contribution in [0.15, 0.2) is 0 Å². The zero-order valence-electron chi connectivity index (χ0n) is 7.00. The number of nitrogens with one attached hydrogen (secondary N) is 2. The number of carbonyl (C=O) groups excluding carboxylic acids is 1. The Morgan fingerprint density at radius 3 is 2.25 bits per heavy atom. The maximum atomic E-state index is 10.6. The van der Waals surface area contributed by atoms with E-state index in [0.717, 1.165) is 0 Å². The Morgan fingerprint density at radius 1 is 1.50 bits per heavy atom. The van der Waals surface area contributed by atoms with Gasteiger partial charge in [-0.05, 0) is 14.0 Å². The van der Waals surface area contributed by atoms with Gasteiger partial charge >= 0.3 is 11.9 Å². The molecule has 5 N–H and O–H groups in total. The van der Waals surface area contributed by atoms with Gasteiger partial charge in [0.2, 0.25) is 0 Å². The topological polar surface area (TPSA) is 104 Å². The smallest absolute Gasteiger partial charge is 0.394 e. The molecule has 0 heterocycles. The molecule has 0 fully saturated rings. The normalized spacial score (nSPS) is 14.9. The molecule has 0 aliphatic heterocycles. The van der Waals surface area contributed by atoms with Crippen LogP contribution in [0.3, 0.4) is 0 Å². The molecule has 0 saturated carbocycles. The molecule has 0 aromatic rings. The zero-order valence-corrected chi connectivity index (χ0v) is 7.00. The van der Waals surface area contributed by atoms with E-state index in [1.165, 1.54) is 0 Å². The van der Waals surface area contributed by atoms with Gasteiger partial charge in [0, 0.05) is 6.04 Å². The number of carbonyl (C=O) groups is 2. The molecule has 0 aliphatic carbocycles. The summed E-state index contributed by atoms with van der Waals surface area (Å²) in [5, 5.41) is 13.1. The fraction of sp³-hybridized carbons (Fsp3) is 0.667. The highest BCUT2D eigenvalue weighted by molar-refractivity contribution is 6.31. The molecule has 1 amide bonds. The van der Waals surface area contributed by atoms with Crippen molar-refractivity contribution in [2.24, 2.45) is 5.73 Å². The standard InChI is InChI=1S/C6H13N3O3/c1-3(7)4(8-2)9-5(10)6(11)12/h3-4,8H,7H2,1-2H3,(H,9,10)(H,11,12)/t3?,4-/m0/s1. The number of hydrogen-bond donors (Lipinski definition) is 4. The van der Waals surface area contributed by atoms with Crippen LogP contribution in [-0.2, 0) is 9.59 Å². The van der Waals surface area contributed by atoms with E-state index in [1.807, 2.05) is 0 Å². The van der Waals surface area contributed by atoms with Gasteiger partial charge in [-0.1, -0.05) is 0 Å². The Balaban J connectivity index is 4.03. The lowest BCUT2D eigenvalue weighted by Gasteiger charge is -2.19. The number of nitrogens with two attached hydrogens (primary N) is 1. The van der Waals surface area contributed by atoms with Gasteiger partial charge in [0.1, 0.15) is 0 Å². The zero-order chi connectivity index (χ0) is 9.72. The van der Waals surface area contributed by atoms with Gasteiger partial charge in [-0.25, -0.2) is 4.79 Å². The average Bonchev–Trinajstić information content (AvgIpc) is 1.98. The Labute approximate surface area is 70.1 Å². The second-order valence-electron chi connectivity index (χ2n) is 2.40. The first-order valence-corrected chi connectivity index (χ1v) is 3.45. The van der Waals surface area contributed by atoms with E-state index in [2.05, 4.69) is 10.6 Å². The minimum absolute atomic E-state index is 0.349. The van der Waals surface area contributed by atoms with Crippen LogP contribution in [0.5, 0.6) is 0 Å². The van der Waals surface area contributed by atoms with Gasteiger partial charge in [-0.2, -0.15) is 0 Å². The summed E-state index contributed by atoms with van der Waals surface area (Å²) in [6.45, 7) is 1.66. The third kappa shape index (κ3) is 3.31. The quantitative estimate of drug-likeness (QED) is 0.295. The van der Waals surface area contributed by atoms with Gasteiger partial charge in [-0.15, -0.1) is 0 Å². The Kier molecular flexibility index (Phi) is 4.24. The van der Waals surface area contributed by atoms with E-state index < -0.39 is 18.0 Å². The number of amides is 1. The molecule has 0 saturated heterocycles. The van der Waals surface area contributed by atoms with E-state index in [1.54, 1.807) is 14.0 Å². The monoisotopic (exact) mass is 175 g/mol. The van der Waals surface area contributed by atoms with E-state index in [4.69, 9.17) is 10.8 Å². The summed E-state index contributed by atoms with van der Waals surface area (Å²) < 4.78 is 0. The fourth-order valence-corrected chi connectivity index (χ4v) is 0.669. The third-order valence-electron chi connectivity index (χ3n) is 1.32. The summed E-state index contributed by atoms with van der Waals surface area (Å²) >= 11 is 0. The number of rotatable bonds is 3. The molecule has 0 spiro atoms. The lowest BCUT2D eigenvalue weighted by atomic mass is 10.3. The summed E-state index contributed by atoms with van der Waals surface area (Å²) in [7, 11) is 1.58. The molecule has 1 unspecified atom stereocenters. The van der Waals surface area contributed by atoms with Crippen LogP contribution in [0.1, 0.15) is 6.92 Å². The van der Waals surface area contributed by atoms with E-state index in [0.29, 0.717) is 0 Å². The van der Waals surface area contributed by atoms with Gasteiger partial charge in [-0.3, -0.25) is 10.1 Å². The van der Waals surface area contributed by atoms with E-state index in [9.17, 15) is 9.59 Å². The number of aliphatic carboxylic acids is 1. The van der Waals surface area contributed by atoms with Crippen LogP contribution in [0.25, 0.3) is 0 Å². The maximum Gasteiger partial charge on any atom is 0.394 e. The fourth-order valence-electron chi connectivity index (χ4n) is 0.669. The van der Waals surface area contributed by atoms with Gasteiger partial charge in [0.25, 0.3) is 0 Å². The van der Waals surface area contributed by atoms with Crippen LogP contribution >= 0.6 is 0 Å². The van der Waals surface area contributed by atoms with Crippen molar-refractivity contribution in [1.82, 2.24) is 10.6 Å². The van der Waals surface area contributed by atoms with Crippen LogP contribution in [0.4, 0.5) is 0 Å². The molecule has 0 aromatic carbocycles. The molecule has 6 heteroatoms. The molecule has 2 atom stereocenters. The number of carboxylic acid groups (broad SMARTS) is 1. The second-order valence-corrected chi connectivity index (χ2v) is 2.40. The summed E-state index contributed by atoms with van der Waals surface area (Å²) in [5.41, 5.74) is 5.43. The summed E-state index contributed by atoms with van der Waals surface area (Å²) in [4.78, 5) is 20.7. The van der Waals surface area contributed by atoms with Gasteiger partial charge in [0.05, 0.1) is 6.17 Å². The Morgan fingerprint density at radius 2 is 2.00 bits per heavy atom. The lowest BCUT2D eigenvalue weighted by Crippen LogP contribution is -2.55. The van der Waals surface area contributed by atoms with Crippen LogP contribution < -0.4 is 16.4 Å². The van der Waals surface area contributed by atoms with Crippen molar-refractivity contribution in [3.05, 3.63) is 0 Å². The molecule has 12 heavy (non-hydrogen) atoms. The largest absolute Gasteiger partial charge is 0.474 e. The van der Waals surface area contributed by atoms with Crippen molar-refractivity contribution >= 4 is 11.9 Å². The molecular formula is C6H13N3O3. The first-order chi connectivity index (χ1) is 5.49. The molecule has 6 nitrogen and oxygen atoms in total. The highest BCUT2D eigenvalue weighted by Crippen LogP contribution is 1.83. The number of likely N-dealkylation sites (N-methyl/N-ethyl adjacent to an activating group) is 1. The average molecular weight is 175 g/mol. The number of hydrogen-bond acceptors (Lipinski definition) is 4. The summed E-state index contributed by atoms with van der Waals surface area (Å²) in [6, 6.07) is -0.349. The maximum absolute atomic E-state index is 10.6.